The molecule has 1 unspecified atom stereocenters. The Labute approximate surface area is 130 Å². The Morgan fingerprint density at radius 2 is 1.95 bits per heavy atom. The Balaban J connectivity index is 0.000000956. The zero-order valence-electron chi connectivity index (χ0n) is 12.8. The zero-order valence-corrected chi connectivity index (χ0v) is 14.4. The van der Waals surface area contributed by atoms with E-state index in [1.807, 2.05) is 12.1 Å². The number of rotatable bonds is 4. The molecule has 1 aliphatic rings. The van der Waals surface area contributed by atoms with Crippen molar-refractivity contribution >= 4 is 21.7 Å². The number of benzene rings is 1. The molecule has 0 saturated carbocycles. The number of hydrogen-bond donors (Lipinski definition) is 1. The molecule has 0 fully saturated rings. The number of halogens is 1. The van der Waals surface area contributed by atoms with Crippen molar-refractivity contribution in [2.75, 3.05) is 7.11 Å². The van der Waals surface area contributed by atoms with E-state index in [0.29, 0.717) is 17.6 Å². The SMILES string of the molecule is CC(C)CC(C)C[C@H]1Cc2ccc(Br)cc2C1=O.CO. The Hall–Kier alpha value is -0.670. The lowest BCUT2D eigenvalue weighted by atomic mass is 9.87. The number of hydrogen-bond acceptors (Lipinski definition) is 2. The average Bonchev–Trinajstić information content (AvgIpc) is 2.68. The maximum Gasteiger partial charge on any atom is 0.166 e. The molecule has 2 nitrogen and oxygen atoms in total. The van der Waals surface area contributed by atoms with Crippen molar-refractivity contribution in [1.29, 1.82) is 0 Å². The number of ketones is 1. The van der Waals surface area contributed by atoms with Crippen molar-refractivity contribution in [2.24, 2.45) is 17.8 Å². The van der Waals surface area contributed by atoms with Crippen LogP contribution in [0.4, 0.5) is 0 Å². The molecule has 1 N–H and O–H groups in total. The minimum atomic E-state index is 0.211. The Kier molecular flexibility index (Phi) is 6.90. The van der Waals surface area contributed by atoms with E-state index in [0.717, 1.165) is 30.0 Å². The third-order valence-electron chi connectivity index (χ3n) is 3.74. The smallest absolute Gasteiger partial charge is 0.166 e. The van der Waals surface area contributed by atoms with Crippen LogP contribution in [0, 0.1) is 17.8 Å². The van der Waals surface area contributed by atoms with Crippen molar-refractivity contribution in [2.45, 2.75) is 40.0 Å². The summed E-state index contributed by atoms with van der Waals surface area (Å²) in [5.74, 6) is 1.91. The summed E-state index contributed by atoms with van der Waals surface area (Å²) in [5.41, 5.74) is 2.16. The zero-order chi connectivity index (χ0) is 15.3. The molecule has 3 heteroatoms. The summed E-state index contributed by atoms with van der Waals surface area (Å²) < 4.78 is 1.01. The molecule has 1 aliphatic carbocycles. The van der Waals surface area contributed by atoms with Gasteiger partial charge in [-0.3, -0.25) is 4.79 Å². The predicted molar refractivity (Wildman–Crippen MR) is 87.0 cm³/mol. The van der Waals surface area contributed by atoms with E-state index < -0.39 is 0 Å². The van der Waals surface area contributed by atoms with E-state index in [1.54, 1.807) is 0 Å². The van der Waals surface area contributed by atoms with Crippen LogP contribution in [0.1, 0.15) is 49.5 Å². The van der Waals surface area contributed by atoms with Crippen LogP contribution in [-0.4, -0.2) is 18.0 Å². The summed E-state index contributed by atoms with van der Waals surface area (Å²) in [7, 11) is 1.00. The fraction of sp³-hybridized carbons (Fsp3) is 0.588. The summed E-state index contributed by atoms with van der Waals surface area (Å²) >= 11 is 3.44. The fourth-order valence-corrected chi connectivity index (χ4v) is 3.47. The number of carbonyl (C=O) groups is 1. The topological polar surface area (TPSA) is 37.3 Å². The Morgan fingerprint density at radius 1 is 1.30 bits per heavy atom. The molecule has 112 valence electrons. The van der Waals surface area contributed by atoms with Crippen molar-refractivity contribution in [1.82, 2.24) is 0 Å². The third kappa shape index (κ3) is 4.42. The summed E-state index contributed by atoms with van der Waals surface area (Å²) in [6.07, 6.45) is 3.18. The highest BCUT2D eigenvalue weighted by Gasteiger charge is 2.31. The molecule has 2 rings (SSSR count). The maximum atomic E-state index is 12.3. The van der Waals surface area contributed by atoms with Crippen LogP contribution >= 0.6 is 15.9 Å². The molecule has 0 bridgehead atoms. The van der Waals surface area contributed by atoms with Crippen LogP contribution in [0.5, 0.6) is 0 Å². The van der Waals surface area contributed by atoms with Crippen LogP contribution in [-0.2, 0) is 6.42 Å². The summed E-state index contributed by atoms with van der Waals surface area (Å²) in [6, 6.07) is 6.10. The van der Waals surface area contributed by atoms with E-state index in [4.69, 9.17) is 5.11 Å². The van der Waals surface area contributed by atoms with Crippen LogP contribution < -0.4 is 0 Å². The second-order valence-corrected chi connectivity index (χ2v) is 6.95. The number of Topliss-reactive ketones (excluding diaryl/α,β-unsaturated/α-hetero) is 1. The minimum Gasteiger partial charge on any atom is -0.400 e. The van der Waals surface area contributed by atoms with E-state index >= 15 is 0 Å². The van der Waals surface area contributed by atoms with Crippen LogP contribution in [0.2, 0.25) is 0 Å². The van der Waals surface area contributed by atoms with Gasteiger partial charge >= 0.3 is 0 Å². The maximum absolute atomic E-state index is 12.3. The van der Waals surface area contributed by atoms with Crippen LogP contribution in [0.3, 0.4) is 0 Å². The van der Waals surface area contributed by atoms with E-state index in [-0.39, 0.29) is 5.92 Å². The largest absolute Gasteiger partial charge is 0.400 e. The van der Waals surface area contributed by atoms with Crippen LogP contribution in [0.25, 0.3) is 0 Å². The van der Waals surface area contributed by atoms with E-state index in [9.17, 15) is 4.79 Å². The molecule has 0 saturated heterocycles. The number of aliphatic hydroxyl groups excluding tert-OH is 1. The molecule has 1 aromatic carbocycles. The quantitative estimate of drug-likeness (QED) is 0.876. The number of carbonyl (C=O) groups excluding carboxylic acids is 1. The molecular weight excluding hydrogens is 316 g/mol. The molecule has 0 radical (unpaired) electrons. The minimum absolute atomic E-state index is 0.211. The first kappa shape index (κ1) is 17.4. The van der Waals surface area contributed by atoms with Gasteiger partial charge in [-0.05, 0) is 48.8 Å². The van der Waals surface area contributed by atoms with Crippen molar-refractivity contribution in [3.8, 4) is 0 Å². The number of fused-ring (bicyclic) bond motifs is 1. The summed E-state index contributed by atoms with van der Waals surface area (Å²) in [4.78, 5) is 12.3. The predicted octanol–water partition coefficient (Wildman–Crippen LogP) is 4.48. The molecule has 0 aromatic heterocycles. The van der Waals surface area contributed by atoms with Crippen molar-refractivity contribution in [3.63, 3.8) is 0 Å². The molecule has 1 aromatic rings. The van der Waals surface area contributed by atoms with Gasteiger partial charge in [-0.15, -0.1) is 0 Å². The highest BCUT2D eigenvalue weighted by atomic mass is 79.9. The highest BCUT2D eigenvalue weighted by Crippen LogP contribution is 2.33. The standard InChI is InChI=1S/C16H21BrO.CH4O/c1-10(2)6-11(3)7-13-8-12-4-5-14(17)9-15(12)16(13)18;1-2/h4-5,9-11,13H,6-8H2,1-3H3;2H,1H3/t11?,13-;/m0./s1. The molecule has 0 amide bonds. The first-order chi connectivity index (χ1) is 9.47. The molecule has 0 aliphatic heterocycles. The van der Waals surface area contributed by atoms with Gasteiger partial charge in [0.25, 0.3) is 0 Å². The third-order valence-corrected chi connectivity index (χ3v) is 4.23. The van der Waals surface area contributed by atoms with Gasteiger partial charge in [0.05, 0.1) is 0 Å². The normalized spacial score (nSPS) is 18.6. The average molecular weight is 341 g/mol. The summed E-state index contributed by atoms with van der Waals surface area (Å²) in [5, 5.41) is 7.00. The van der Waals surface area contributed by atoms with Crippen LogP contribution in [0.15, 0.2) is 22.7 Å². The van der Waals surface area contributed by atoms with Gasteiger partial charge in [0.2, 0.25) is 0 Å². The van der Waals surface area contributed by atoms with Gasteiger partial charge in [0.1, 0.15) is 0 Å². The van der Waals surface area contributed by atoms with Gasteiger partial charge < -0.3 is 5.11 Å². The Morgan fingerprint density at radius 3 is 2.55 bits per heavy atom. The second kappa shape index (κ2) is 7.94. The molecular formula is C17H25BrO2. The van der Waals surface area contributed by atoms with E-state index in [1.165, 1.54) is 12.0 Å². The van der Waals surface area contributed by atoms with E-state index in [2.05, 4.69) is 42.8 Å². The molecule has 0 heterocycles. The van der Waals surface area contributed by atoms with Gasteiger partial charge in [0.15, 0.2) is 5.78 Å². The first-order valence-electron chi connectivity index (χ1n) is 7.24. The second-order valence-electron chi connectivity index (χ2n) is 6.04. The first-order valence-corrected chi connectivity index (χ1v) is 8.04. The Bertz CT molecular complexity index is 454. The lowest BCUT2D eigenvalue weighted by Gasteiger charge is -2.17. The van der Waals surface area contributed by atoms with Gasteiger partial charge in [-0.25, -0.2) is 0 Å². The molecule has 0 spiro atoms. The lowest BCUT2D eigenvalue weighted by Crippen LogP contribution is -2.14. The van der Waals surface area contributed by atoms with Gasteiger partial charge in [-0.2, -0.15) is 0 Å². The number of aliphatic hydroxyl groups is 1. The van der Waals surface area contributed by atoms with Gasteiger partial charge in [0, 0.05) is 23.1 Å². The van der Waals surface area contributed by atoms with Crippen molar-refractivity contribution in [3.05, 3.63) is 33.8 Å². The monoisotopic (exact) mass is 340 g/mol. The lowest BCUT2D eigenvalue weighted by molar-refractivity contribution is 0.0917. The fourth-order valence-electron chi connectivity index (χ4n) is 3.11. The molecule has 2 atom stereocenters. The molecule has 20 heavy (non-hydrogen) atoms. The van der Waals surface area contributed by atoms with Crippen molar-refractivity contribution < 1.29 is 9.90 Å². The summed E-state index contributed by atoms with van der Waals surface area (Å²) in [6.45, 7) is 6.77. The van der Waals surface area contributed by atoms with Gasteiger partial charge in [-0.1, -0.05) is 42.8 Å². The highest BCUT2D eigenvalue weighted by molar-refractivity contribution is 9.10.